The van der Waals surface area contributed by atoms with E-state index in [1.54, 1.807) is 12.1 Å². The van der Waals surface area contributed by atoms with Crippen molar-refractivity contribution in [2.75, 3.05) is 0 Å². The molecule has 0 aliphatic heterocycles. The highest BCUT2D eigenvalue weighted by Crippen LogP contribution is 2.53. The van der Waals surface area contributed by atoms with E-state index >= 15 is 0 Å². The molecule has 212 valence electrons. The van der Waals surface area contributed by atoms with Crippen LogP contribution < -0.4 is 13.6 Å². The van der Waals surface area contributed by atoms with Gasteiger partial charge >= 0.3 is 7.82 Å². The highest BCUT2D eigenvalue weighted by molar-refractivity contribution is 7.49. The molecule has 0 fully saturated rings. The first-order chi connectivity index (χ1) is 17.7. The summed E-state index contributed by atoms with van der Waals surface area (Å²) in [6, 6.07) is 21.1. The number of hydrogen-bond acceptors (Lipinski definition) is 4. The number of para-hydroxylation sites is 1. The second kappa shape index (κ2) is 10.7. The van der Waals surface area contributed by atoms with Gasteiger partial charge in [0.25, 0.3) is 0 Å². The SMILES string of the molecule is CC(C)(C)c1ccc(OP(=O)(Oc2ccccc2)Oc2ccc(C(C)(C)C)cc2C(C)(C)C)c(C(C)(C)C)c1. The maximum Gasteiger partial charge on any atom is 0.647 e. The van der Waals surface area contributed by atoms with Gasteiger partial charge in [0.2, 0.25) is 0 Å². The zero-order chi connectivity index (χ0) is 29.4. The van der Waals surface area contributed by atoms with Gasteiger partial charge in [0.1, 0.15) is 17.2 Å². The van der Waals surface area contributed by atoms with Crippen LogP contribution in [-0.4, -0.2) is 0 Å². The quantitative estimate of drug-likeness (QED) is 0.286. The molecule has 0 unspecified atom stereocenters. The predicted molar refractivity (Wildman–Crippen MR) is 164 cm³/mol. The van der Waals surface area contributed by atoms with E-state index in [2.05, 4.69) is 95.2 Å². The summed E-state index contributed by atoms with van der Waals surface area (Å²) in [7, 11) is -4.19. The molecule has 39 heavy (non-hydrogen) atoms. The summed E-state index contributed by atoms with van der Waals surface area (Å²) in [6.45, 7) is 25.8. The Kier molecular flexibility index (Phi) is 8.45. The molecule has 0 aliphatic carbocycles. The van der Waals surface area contributed by atoms with E-state index in [9.17, 15) is 4.57 Å². The first-order valence-electron chi connectivity index (χ1n) is 13.7. The van der Waals surface area contributed by atoms with Crippen molar-refractivity contribution in [3.63, 3.8) is 0 Å². The lowest BCUT2D eigenvalue weighted by molar-refractivity contribution is 0.293. The van der Waals surface area contributed by atoms with Gasteiger partial charge in [-0.15, -0.1) is 0 Å². The van der Waals surface area contributed by atoms with Crippen LogP contribution >= 0.6 is 7.82 Å². The van der Waals surface area contributed by atoms with Crippen molar-refractivity contribution < 1.29 is 18.1 Å². The largest absolute Gasteiger partial charge is 0.647 e. The normalized spacial score (nSPS) is 13.2. The number of phosphoric acid groups is 1. The molecule has 0 bridgehead atoms. The van der Waals surface area contributed by atoms with E-state index in [0.717, 1.165) is 11.1 Å². The van der Waals surface area contributed by atoms with Crippen LogP contribution in [0.15, 0.2) is 66.7 Å². The van der Waals surface area contributed by atoms with Crippen molar-refractivity contribution in [1.82, 2.24) is 0 Å². The van der Waals surface area contributed by atoms with Gasteiger partial charge in [-0.1, -0.05) is 126 Å². The molecule has 0 N–H and O–H groups in total. The van der Waals surface area contributed by atoms with Gasteiger partial charge in [0, 0.05) is 11.1 Å². The van der Waals surface area contributed by atoms with Crippen molar-refractivity contribution in [2.24, 2.45) is 0 Å². The molecule has 0 amide bonds. The fraction of sp³-hybridized carbons (Fsp3) is 0.471. The molecule has 3 aromatic carbocycles. The van der Waals surface area contributed by atoms with E-state index in [1.807, 2.05) is 42.5 Å². The van der Waals surface area contributed by atoms with E-state index in [-0.39, 0.29) is 21.7 Å². The maximum absolute atomic E-state index is 14.6. The molecule has 5 heteroatoms. The second-order valence-electron chi connectivity index (χ2n) is 14.5. The third-order valence-corrected chi connectivity index (χ3v) is 7.96. The topological polar surface area (TPSA) is 44.8 Å². The van der Waals surface area contributed by atoms with Gasteiger partial charge in [-0.2, -0.15) is 4.57 Å². The molecular formula is C34H47O4P. The molecule has 0 spiro atoms. The van der Waals surface area contributed by atoms with Crippen molar-refractivity contribution in [1.29, 1.82) is 0 Å². The Bertz CT molecular complexity index is 1250. The van der Waals surface area contributed by atoms with Crippen molar-refractivity contribution in [2.45, 2.75) is 105 Å². The molecule has 0 saturated heterocycles. The maximum atomic E-state index is 14.6. The first kappa shape index (κ1) is 30.8. The van der Waals surface area contributed by atoms with Gasteiger partial charge in [0.05, 0.1) is 0 Å². The van der Waals surface area contributed by atoms with Crippen LogP contribution in [0.3, 0.4) is 0 Å². The summed E-state index contributed by atoms with van der Waals surface area (Å²) in [6.07, 6.45) is 0. The summed E-state index contributed by atoms with van der Waals surface area (Å²) < 4.78 is 33.3. The van der Waals surface area contributed by atoms with Crippen LogP contribution in [0.1, 0.15) is 105 Å². The van der Waals surface area contributed by atoms with Crippen molar-refractivity contribution >= 4 is 7.82 Å². The fourth-order valence-corrected chi connectivity index (χ4v) is 5.52. The average Bonchev–Trinajstić information content (AvgIpc) is 2.77. The summed E-state index contributed by atoms with van der Waals surface area (Å²) in [4.78, 5) is 0. The average molecular weight is 551 g/mol. The van der Waals surface area contributed by atoms with Gasteiger partial charge < -0.3 is 13.6 Å². The summed E-state index contributed by atoms with van der Waals surface area (Å²) in [5.74, 6) is 1.38. The Morgan fingerprint density at radius 3 is 1.21 bits per heavy atom. The minimum Gasteiger partial charge on any atom is -0.386 e. The molecule has 0 aromatic heterocycles. The van der Waals surface area contributed by atoms with E-state index < -0.39 is 7.82 Å². The smallest absolute Gasteiger partial charge is 0.386 e. The monoisotopic (exact) mass is 550 g/mol. The zero-order valence-corrected chi connectivity index (χ0v) is 26.8. The Hall–Kier alpha value is -2.71. The molecule has 0 saturated carbocycles. The second-order valence-corrected chi connectivity index (χ2v) is 15.9. The van der Waals surface area contributed by atoms with Crippen LogP contribution in [0, 0.1) is 0 Å². The Morgan fingerprint density at radius 2 is 0.872 bits per heavy atom. The number of rotatable bonds is 6. The minimum absolute atomic E-state index is 0.0460. The summed E-state index contributed by atoms with van der Waals surface area (Å²) in [5, 5.41) is 0. The lowest BCUT2D eigenvalue weighted by Crippen LogP contribution is -2.20. The highest BCUT2D eigenvalue weighted by atomic mass is 31.2. The van der Waals surface area contributed by atoms with Gasteiger partial charge in [-0.25, -0.2) is 0 Å². The molecule has 0 radical (unpaired) electrons. The number of phosphoric ester groups is 1. The lowest BCUT2D eigenvalue weighted by atomic mass is 9.80. The van der Waals surface area contributed by atoms with E-state index in [4.69, 9.17) is 13.6 Å². The van der Waals surface area contributed by atoms with Gasteiger partial charge in [0.15, 0.2) is 0 Å². The zero-order valence-electron chi connectivity index (χ0n) is 25.9. The molecule has 0 aliphatic rings. The molecule has 3 aromatic rings. The summed E-state index contributed by atoms with van der Waals surface area (Å²) >= 11 is 0. The van der Waals surface area contributed by atoms with E-state index in [1.165, 1.54) is 11.1 Å². The molecule has 4 nitrogen and oxygen atoms in total. The van der Waals surface area contributed by atoms with Crippen molar-refractivity contribution in [3.05, 3.63) is 89.0 Å². The number of benzene rings is 3. The van der Waals surface area contributed by atoms with Crippen molar-refractivity contribution in [3.8, 4) is 17.2 Å². The Labute approximate surface area is 236 Å². The summed E-state index contributed by atoms with van der Waals surface area (Å²) in [5.41, 5.74) is 3.60. The molecule has 3 rings (SSSR count). The van der Waals surface area contributed by atoms with Gasteiger partial charge in [-0.05, 0) is 57.1 Å². The predicted octanol–water partition coefficient (Wildman–Crippen LogP) is 10.5. The van der Waals surface area contributed by atoms with Crippen LogP contribution in [0.5, 0.6) is 17.2 Å². The lowest BCUT2D eigenvalue weighted by Gasteiger charge is -2.30. The fourth-order valence-electron chi connectivity index (χ4n) is 4.23. The van der Waals surface area contributed by atoms with E-state index in [0.29, 0.717) is 17.2 Å². The Morgan fingerprint density at radius 1 is 0.487 bits per heavy atom. The molecule has 0 heterocycles. The minimum atomic E-state index is -4.19. The van der Waals surface area contributed by atoms with Crippen LogP contribution in [0.4, 0.5) is 0 Å². The molecular weight excluding hydrogens is 503 g/mol. The third kappa shape index (κ3) is 7.92. The molecule has 0 atom stereocenters. The van der Waals surface area contributed by atoms with Crippen LogP contribution in [0.2, 0.25) is 0 Å². The van der Waals surface area contributed by atoms with Crippen LogP contribution in [0.25, 0.3) is 0 Å². The number of hydrogen-bond donors (Lipinski definition) is 0. The Balaban J connectivity index is 2.16. The third-order valence-electron chi connectivity index (χ3n) is 6.69. The van der Waals surface area contributed by atoms with Crippen LogP contribution in [-0.2, 0) is 26.2 Å². The first-order valence-corrected chi connectivity index (χ1v) is 15.2. The van der Waals surface area contributed by atoms with Gasteiger partial charge in [-0.3, -0.25) is 0 Å². The highest BCUT2D eigenvalue weighted by Gasteiger charge is 2.37. The standard InChI is InChI=1S/C34H47O4P/c1-31(2,3)24-18-20-29(27(22-24)33(7,8)9)37-39(35,36-26-16-14-13-15-17-26)38-30-21-19-25(32(4,5)6)23-28(30)34(10,11)12/h13-23H,1-12H3.